The number of hydrogen-bond donors (Lipinski definition) is 4. The van der Waals surface area contributed by atoms with Crippen LogP contribution in [0.1, 0.15) is 34.8 Å². The Hall–Kier alpha value is -5.47. The van der Waals surface area contributed by atoms with Gasteiger partial charge in [-0.3, -0.25) is 4.79 Å². The van der Waals surface area contributed by atoms with Crippen LogP contribution in [0.2, 0.25) is 0 Å². The van der Waals surface area contributed by atoms with Gasteiger partial charge in [0.05, 0.1) is 43.7 Å². The highest BCUT2D eigenvalue weighted by atomic mass is 32.2. The lowest BCUT2D eigenvalue weighted by Crippen LogP contribution is -2.19. The van der Waals surface area contributed by atoms with E-state index in [1.54, 1.807) is 68.8 Å². The van der Waals surface area contributed by atoms with E-state index < -0.39 is 69.3 Å². The summed E-state index contributed by atoms with van der Waals surface area (Å²) < 4.78 is 80.8. The van der Waals surface area contributed by atoms with E-state index in [1.807, 2.05) is 30.3 Å². The van der Waals surface area contributed by atoms with Crippen LogP contribution in [0.25, 0.3) is 21.5 Å². The SMILES string of the molecule is CCOC(=O)C(=C(O)c1cc(F)c(Sc2ccccc2N)cc1F)c1nc2ccccc2s1.CCOC(=O)C(C(=O)c1cc(F)c(F)cc1F)=C(SC)SC.Nc1ccccc1S. The lowest BCUT2D eigenvalue weighted by Gasteiger charge is -2.11. The van der Waals surface area contributed by atoms with Crippen LogP contribution >= 0.6 is 59.3 Å². The first kappa shape index (κ1) is 50.2. The van der Waals surface area contributed by atoms with Gasteiger partial charge < -0.3 is 26.0 Å². The van der Waals surface area contributed by atoms with Crippen LogP contribution in [0, 0.1) is 29.1 Å². The number of thiol groups is 1. The number of anilines is 2. The number of aliphatic hydroxyl groups is 1. The van der Waals surface area contributed by atoms with Crippen molar-refractivity contribution in [3.05, 3.63) is 152 Å². The first-order valence-electron chi connectivity index (χ1n) is 18.3. The van der Waals surface area contributed by atoms with Crippen molar-refractivity contribution in [2.45, 2.75) is 28.5 Å². The molecule has 1 aromatic heterocycles. The number of hydrogen-bond acceptors (Lipinski definition) is 14. The number of nitrogen functional groups attached to an aromatic ring is 2. The molecule has 0 unspecified atom stereocenters. The van der Waals surface area contributed by atoms with E-state index in [9.17, 15) is 37.1 Å². The van der Waals surface area contributed by atoms with Crippen LogP contribution in [0.4, 0.5) is 33.3 Å². The van der Waals surface area contributed by atoms with E-state index in [0.29, 0.717) is 26.4 Å². The molecular formula is C44H38F5N3O6S5. The summed E-state index contributed by atoms with van der Waals surface area (Å²) in [5.41, 5.74) is 11.2. The summed E-state index contributed by atoms with van der Waals surface area (Å²) in [4.78, 5) is 42.8. The first-order chi connectivity index (χ1) is 30.1. The third-order valence-corrected chi connectivity index (χ3v) is 12.8. The maximum atomic E-state index is 15.0. The summed E-state index contributed by atoms with van der Waals surface area (Å²) in [5.74, 6) is -9.33. The highest BCUT2D eigenvalue weighted by Crippen LogP contribution is 2.38. The number of thioether (sulfide) groups is 2. The number of esters is 2. The standard InChI is InChI=1S/C24H18F2N2O3S2.C14H13F3O3S2.C6H7NS/c1-2-31-24(30)21(23-28-17-8-4-6-10-19(17)33-23)22(29)13-11-15(26)20(12-14(13)25)32-18-9-5-3-7-16(18)27;1-4-20-13(19)11(14(21-2)22-3)12(18)7-5-9(16)10(17)6-8(7)15;7-5-3-1-2-4-6(5)8/h3-12,29H,2,27H2,1H3;5-6H,4H2,1-3H3;1-4,8H,7H2. The molecule has 6 aromatic rings. The minimum Gasteiger partial charge on any atom is -0.506 e. The second-order valence-corrected chi connectivity index (χ2v) is 16.7. The number of nitrogens with two attached hydrogens (primary N) is 2. The molecular weight excluding hydrogens is 922 g/mol. The van der Waals surface area contributed by atoms with Crippen molar-refractivity contribution in [3.63, 3.8) is 0 Å². The molecule has 0 amide bonds. The fraction of sp³-hybridized carbons (Fsp3) is 0.136. The number of thiazole rings is 1. The zero-order valence-corrected chi connectivity index (χ0v) is 37.9. The number of ether oxygens (including phenoxy) is 2. The van der Waals surface area contributed by atoms with Gasteiger partial charge >= 0.3 is 11.9 Å². The van der Waals surface area contributed by atoms with Crippen molar-refractivity contribution in [3.8, 4) is 0 Å². The number of aliphatic hydroxyl groups excluding tert-OH is 1. The molecule has 63 heavy (non-hydrogen) atoms. The maximum Gasteiger partial charge on any atom is 0.345 e. The van der Waals surface area contributed by atoms with Crippen molar-refractivity contribution >= 4 is 110 Å². The van der Waals surface area contributed by atoms with Crippen LogP contribution in [0.3, 0.4) is 0 Å². The van der Waals surface area contributed by atoms with E-state index in [0.717, 1.165) is 74.0 Å². The molecule has 9 nitrogen and oxygen atoms in total. The number of carbonyl (C=O) groups excluding carboxylic acids is 3. The zero-order valence-electron chi connectivity index (χ0n) is 33.7. The second kappa shape index (κ2) is 23.8. The van der Waals surface area contributed by atoms with Crippen LogP contribution in [-0.2, 0) is 19.1 Å². The molecule has 0 fully saturated rings. The highest BCUT2D eigenvalue weighted by Gasteiger charge is 2.29. The van der Waals surface area contributed by atoms with Crippen molar-refractivity contribution in [2.24, 2.45) is 0 Å². The highest BCUT2D eigenvalue weighted by molar-refractivity contribution is 8.21. The summed E-state index contributed by atoms with van der Waals surface area (Å²) in [5, 5.41) is 11.0. The van der Waals surface area contributed by atoms with E-state index in [-0.39, 0.29) is 34.8 Å². The molecule has 6 rings (SSSR count). The summed E-state index contributed by atoms with van der Waals surface area (Å²) >= 11 is 8.36. The first-order valence-corrected chi connectivity index (χ1v) is 22.8. The third kappa shape index (κ3) is 13.0. The average molecular weight is 960 g/mol. The zero-order chi connectivity index (χ0) is 46.4. The molecule has 1 heterocycles. The minimum absolute atomic E-state index is 0.0142. The number of ketones is 1. The van der Waals surface area contributed by atoms with Crippen LogP contribution in [0.5, 0.6) is 0 Å². The Morgan fingerprint density at radius 2 is 1.25 bits per heavy atom. The summed E-state index contributed by atoms with van der Waals surface area (Å²) in [6.45, 7) is 3.21. The number of benzene rings is 5. The van der Waals surface area contributed by atoms with Crippen molar-refractivity contribution in [1.82, 2.24) is 4.98 Å². The monoisotopic (exact) mass is 959 g/mol. The Morgan fingerprint density at radius 3 is 1.84 bits per heavy atom. The summed E-state index contributed by atoms with van der Waals surface area (Å²) in [6.07, 6.45) is 3.25. The van der Waals surface area contributed by atoms with Crippen molar-refractivity contribution in [1.29, 1.82) is 0 Å². The Labute approximate surface area is 381 Å². The molecule has 0 spiro atoms. The van der Waals surface area contributed by atoms with Gasteiger partial charge in [0.25, 0.3) is 0 Å². The Kier molecular flexibility index (Phi) is 19.0. The van der Waals surface area contributed by atoms with Gasteiger partial charge in [-0.15, -0.1) is 47.5 Å². The van der Waals surface area contributed by atoms with Gasteiger partial charge in [0.1, 0.15) is 39.4 Å². The average Bonchev–Trinajstić information content (AvgIpc) is 3.68. The number of fused-ring (bicyclic) bond motifs is 1. The van der Waals surface area contributed by atoms with Crippen molar-refractivity contribution < 1.29 is 50.9 Å². The summed E-state index contributed by atoms with van der Waals surface area (Å²) in [6, 6.07) is 23.9. The number of rotatable bonds is 12. The number of aromatic nitrogens is 1. The smallest absolute Gasteiger partial charge is 0.345 e. The maximum absolute atomic E-state index is 15.0. The van der Waals surface area contributed by atoms with Crippen molar-refractivity contribution in [2.75, 3.05) is 37.2 Å². The quantitative estimate of drug-likeness (QED) is 0.00882. The molecule has 330 valence electrons. The molecule has 19 heteroatoms. The largest absolute Gasteiger partial charge is 0.506 e. The van der Waals surface area contributed by atoms with Gasteiger partial charge in [-0.1, -0.05) is 48.2 Å². The normalized spacial score (nSPS) is 11.0. The Morgan fingerprint density at radius 1 is 0.698 bits per heavy atom. The lowest BCUT2D eigenvalue weighted by molar-refractivity contribution is -0.138. The second-order valence-electron chi connectivity index (χ2n) is 12.3. The van der Waals surface area contributed by atoms with Gasteiger partial charge in [0.15, 0.2) is 11.6 Å². The molecule has 5 aromatic carbocycles. The molecule has 0 atom stereocenters. The van der Waals surface area contributed by atoms with Gasteiger partial charge in [0, 0.05) is 27.2 Å². The molecule has 0 aliphatic rings. The third-order valence-electron chi connectivity index (χ3n) is 8.11. The molecule has 0 radical (unpaired) electrons. The summed E-state index contributed by atoms with van der Waals surface area (Å²) in [7, 11) is 0. The van der Waals surface area contributed by atoms with Crippen LogP contribution in [-0.4, -0.2) is 53.5 Å². The topological polar surface area (TPSA) is 155 Å². The Balaban J connectivity index is 0.000000248. The Bertz CT molecular complexity index is 2640. The number of carbonyl (C=O) groups is 3. The predicted octanol–water partition coefficient (Wildman–Crippen LogP) is 11.6. The minimum atomic E-state index is -1.41. The molecule has 0 aliphatic heterocycles. The van der Waals surface area contributed by atoms with Gasteiger partial charge in [-0.2, -0.15) is 0 Å². The predicted molar refractivity (Wildman–Crippen MR) is 246 cm³/mol. The van der Waals surface area contributed by atoms with E-state index in [1.165, 1.54) is 0 Å². The van der Waals surface area contributed by atoms with E-state index >= 15 is 4.39 Å². The molecule has 0 aliphatic carbocycles. The van der Waals surface area contributed by atoms with E-state index in [4.69, 9.17) is 20.9 Å². The number of nitrogens with zero attached hydrogens (tertiary/aromatic N) is 1. The fourth-order valence-corrected chi connectivity index (χ4v) is 8.64. The molecule has 0 bridgehead atoms. The van der Waals surface area contributed by atoms with E-state index in [2.05, 4.69) is 17.6 Å². The lowest BCUT2D eigenvalue weighted by atomic mass is 10.0. The van der Waals surface area contributed by atoms with Gasteiger partial charge in [-0.25, -0.2) is 36.5 Å². The number of Topliss-reactive ketones (excluding diaryl/α,β-unsaturated/α-hetero) is 1. The number of para-hydroxylation sites is 3. The fourth-order valence-electron chi connectivity index (χ4n) is 5.16. The number of halogens is 5. The molecule has 0 saturated heterocycles. The molecule has 0 saturated carbocycles. The van der Waals surface area contributed by atoms with Crippen LogP contribution < -0.4 is 11.5 Å². The van der Waals surface area contributed by atoms with Gasteiger partial charge in [-0.05, 0) is 81.0 Å². The molecule has 5 N–H and O–H groups in total. The van der Waals surface area contributed by atoms with Gasteiger partial charge in [0.2, 0.25) is 5.78 Å². The van der Waals surface area contributed by atoms with Crippen LogP contribution in [0.15, 0.2) is 122 Å².